The van der Waals surface area contributed by atoms with Crippen molar-refractivity contribution >= 4 is 52.3 Å². The van der Waals surface area contributed by atoms with Crippen molar-refractivity contribution in [3.63, 3.8) is 0 Å². The van der Waals surface area contributed by atoms with Crippen molar-refractivity contribution in [3.05, 3.63) is 67.6 Å². The number of benzene rings is 2. The van der Waals surface area contributed by atoms with Crippen LogP contribution in [0.3, 0.4) is 0 Å². The van der Waals surface area contributed by atoms with Crippen molar-refractivity contribution in [2.45, 2.75) is 13.0 Å². The van der Waals surface area contributed by atoms with E-state index < -0.39 is 0 Å². The molecule has 0 aromatic heterocycles. The average Bonchev–Trinajstić information content (AvgIpc) is 2.44. The predicted octanol–water partition coefficient (Wildman–Crippen LogP) is 5.16. The second-order valence-electron chi connectivity index (χ2n) is 4.45. The third-order valence-electron chi connectivity index (χ3n) is 2.82. The first kappa shape index (κ1) is 16.4. The quantitative estimate of drug-likeness (QED) is 0.799. The Morgan fingerprint density at radius 3 is 1.90 bits per heavy atom. The van der Waals surface area contributed by atoms with Crippen LogP contribution in [0, 0.1) is 0 Å². The van der Waals surface area contributed by atoms with Gasteiger partial charge in [0.1, 0.15) is 0 Å². The lowest BCUT2D eigenvalue weighted by Gasteiger charge is -2.07. The molecular formula is C15H11Cl4NO. The van der Waals surface area contributed by atoms with Gasteiger partial charge in [-0.05, 0) is 35.4 Å². The van der Waals surface area contributed by atoms with Crippen LogP contribution in [0.4, 0.5) is 0 Å². The summed E-state index contributed by atoms with van der Waals surface area (Å²) in [5.74, 6) is -0.112. The molecule has 2 aromatic carbocycles. The fraction of sp³-hybridized carbons (Fsp3) is 0.133. The molecule has 0 atom stereocenters. The number of halogens is 4. The largest absolute Gasteiger partial charge is 0.352 e. The highest BCUT2D eigenvalue weighted by molar-refractivity contribution is 6.42. The van der Waals surface area contributed by atoms with Crippen LogP contribution in [0.2, 0.25) is 20.1 Å². The molecule has 0 bridgehead atoms. The Bertz CT molecular complexity index is 673. The molecule has 0 aliphatic heterocycles. The van der Waals surface area contributed by atoms with Gasteiger partial charge >= 0.3 is 0 Å². The van der Waals surface area contributed by atoms with Gasteiger partial charge in [0.15, 0.2) is 0 Å². The van der Waals surface area contributed by atoms with Gasteiger partial charge in [-0.25, -0.2) is 0 Å². The molecule has 0 fully saturated rings. The Morgan fingerprint density at radius 2 is 1.33 bits per heavy atom. The van der Waals surface area contributed by atoms with E-state index in [1.807, 2.05) is 6.07 Å². The minimum atomic E-state index is -0.112. The molecule has 2 rings (SSSR count). The fourth-order valence-electron chi connectivity index (χ4n) is 1.75. The van der Waals surface area contributed by atoms with Crippen LogP contribution in [0.1, 0.15) is 11.1 Å². The molecule has 0 saturated heterocycles. The van der Waals surface area contributed by atoms with Gasteiger partial charge < -0.3 is 5.32 Å². The SMILES string of the molecule is O=C(Cc1ccc(Cl)c(Cl)c1)NCc1ccc(Cl)c(Cl)c1. The molecule has 0 radical (unpaired) electrons. The molecule has 6 heteroatoms. The Hall–Kier alpha value is -0.930. The second-order valence-corrected chi connectivity index (χ2v) is 6.08. The van der Waals surface area contributed by atoms with E-state index in [1.54, 1.807) is 30.3 Å². The van der Waals surface area contributed by atoms with Crippen LogP contribution < -0.4 is 5.32 Å². The summed E-state index contributed by atoms with van der Waals surface area (Å²) in [4.78, 5) is 11.9. The first-order valence-corrected chi connectivity index (χ1v) is 7.61. The highest BCUT2D eigenvalue weighted by Gasteiger charge is 2.06. The summed E-state index contributed by atoms with van der Waals surface area (Å²) in [6, 6.07) is 10.4. The normalized spacial score (nSPS) is 10.5. The van der Waals surface area contributed by atoms with Gasteiger partial charge in [-0.1, -0.05) is 58.5 Å². The molecule has 2 nitrogen and oxygen atoms in total. The number of amides is 1. The summed E-state index contributed by atoms with van der Waals surface area (Å²) in [6.45, 7) is 0.386. The van der Waals surface area contributed by atoms with E-state index in [2.05, 4.69) is 5.32 Å². The summed E-state index contributed by atoms with van der Waals surface area (Å²) in [7, 11) is 0. The molecule has 0 unspecified atom stereocenters. The van der Waals surface area contributed by atoms with Crippen molar-refractivity contribution in [3.8, 4) is 0 Å². The Morgan fingerprint density at radius 1 is 0.810 bits per heavy atom. The molecule has 0 aliphatic carbocycles. The highest BCUT2D eigenvalue weighted by atomic mass is 35.5. The maximum absolute atomic E-state index is 11.9. The van der Waals surface area contributed by atoms with Crippen LogP contribution >= 0.6 is 46.4 Å². The number of carbonyl (C=O) groups excluding carboxylic acids is 1. The van der Waals surface area contributed by atoms with E-state index in [0.717, 1.165) is 11.1 Å². The van der Waals surface area contributed by atoms with E-state index in [1.165, 1.54) is 0 Å². The molecule has 0 spiro atoms. The fourth-order valence-corrected chi connectivity index (χ4v) is 2.39. The maximum atomic E-state index is 11.9. The minimum Gasteiger partial charge on any atom is -0.352 e. The summed E-state index contributed by atoms with van der Waals surface area (Å²) < 4.78 is 0. The predicted molar refractivity (Wildman–Crippen MR) is 88.5 cm³/mol. The van der Waals surface area contributed by atoms with E-state index in [9.17, 15) is 4.79 Å². The molecule has 0 aliphatic rings. The smallest absolute Gasteiger partial charge is 0.224 e. The second kappa shape index (κ2) is 7.37. The number of rotatable bonds is 4. The van der Waals surface area contributed by atoms with Crippen molar-refractivity contribution < 1.29 is 4.79 Å². The van der Waals surface area contributed by atoms with E-state index >= 15 is 0 Å². The van der Waals surface area contributed by atoms with Crippen LogP contribution in [-0.2, 0) is 17.8 Å². The zero-order valence-electron chi connectivity index (χ0n) is 10.8. The molecule has 0 saturated carbocycles. The van der Waals surface area contributed by atoms with Crippen molar-refractivity contribution in [1.82, 2.24) is 5.32 Å². The Kier molecular flexibility index (Phi) is 5.77. The van der Waals surface area contributed by atoms with E-state index in [4.69, 9.17) is 46.4 Å². The van der Waals surface area contributed by atoms with Crippen LogP contribution in [0.15, 0.2) is 36.4 Å². The van der Waals surface area contributed by atoms with Gasteiger partial charge in [0.25, 0.3) is 0 Å². The lowest BCUT2D eigenvalue weighted by Crippen LogP contribution is -2.24. The summed E-state index contributed by atoms with van der Waals surface area (Å²) in [5, 5.41) is 4.67. The zero-order valence-corrected chi connectivity index (χ0v) is 13.8. The molecule has 0 heterocycles. The highest BCUT2D eigenvalue weighted by Crippen LogP contribution is 2.23. The van der Waals surface area contributed by atoms with Crippen molar-refractivity contribution in [2.75, 3.05) is 0 Å². The van der Waals surface area contributed by atoms with Gasteiger partial charge in [0.05, 0.1) is 26.5 Å². The summed E-state index contributed by atoms with van der Waals surface area (Å²) in [5.41, 5.74) is 1.68. The van der Waals surface area contributed by atoms with Gasteiger partial charge in [-0.2, -0.15) is 0 Å². The minimum absolute atomic E-state index is 0.112. The monoisotopic (exact) mass is 361 g/mol. The van der Waals surface area contributed by atoms with Gasteiger partial charge in [0, 0.05) is 6.54 Å². The standard InChI is InChI=1S/C15H11Cl4NO/c16-11-3-1-9(5-13(11)18)7-15(21)20-8-10-2-4-12(17)14(19)6-10/h1-6H,7-8H2,(H,20,21). The van der Waals surface area contributed by atoms with E-state index in [-0.39, 0.29) is 12.3 Å². The summed E-state index contributed by atoms with van der Waals surface area (Å²) >= 11 is 23.5. The Labute approximate surface area is 143 Å². The van der Waals surface area contributed by atoms with Gasteiger partial charge in [-0.3, -0.25) is 4.79 Å². The molecule has 1 amide bonds. The number of carbonyl (C=O) groups is 1. The molecule has 21 heavy (non-hydrogen) atoms. The van der Waals surface area contributed by atoms with Crippen LogP contribution in [0.25, 0.3) is 0 Å². The molecule has 1 N–H and O–H groups in total. The van der Waals surface area contributed by atoms with Crippen LogP contribution in [0.5, 0.6) is 0 Å². The van der Waals surface area contributed by atoms with E-state index in [0.29, 0.717) is 26.6 Å². The van der Waals surface area contributed by atoms with Crippen molar-refractivity contribution in [1.29, 1.82) is 0 Å². The average molecular weight is 363 g/mol. The maximum Gasteiger partial charge on any atom is 0.224 e. The molecular weight excluding hydrogens is 352 g/mol. The summed E-state index contributed by atoms with van der Waals surface area (Å²) in [6.07, 6.45) is 0.234. The third-order valence-corrected chi connectivity index (χ3v) is 4.30. The van der Waals surface area contributed by atoms with Gasteiger partial charge in [-0.15, -0.1) is 0 Å². The molecule has 110 valence electrons. The number of hydrogen-bond donors (Lipinski definition) is 1. The van der Waals surface area contributed by atoms with Gasteiger partial charge in [0.2, 0.25) is 5.91 Å². The van der Waals surface area contributed by atoms with Crippen LogP contribution in [-0.4, -0.2) is 5.91 Å². The Balaban J connectivity index is 1.92. The third kappa shape index (κ3) is 4.79. The number of nitrogens with one attached hydrogen (secondary N) is 1. The molecule has 2 aromatic rings. The number of hydrogen-bond acceptors (Lipinski definition) is 1. The first-order valence-electron chi connectivity index (χ1n) is 6.10. The van der Waals surface area contributed by atoms with Crippen molar-refractivity contribution in [2.24, 2.45) is 0 Å². The lowest BCUT2D eigenvalue weighted by atomic mass is 10.1. The lowest BCUT2D eigenvalue weighted by molar-refractivity contribution is -0.120. The topological polar surface area (TPSA) is 29.1 Å². The first-order chi connectivity index (χ1) is 9.95. The zero-order chi connectivity index (χ0) is 15.4.